The first-order chi connectivity index (χ1) is 12.9. The Bertz CT molecular complexity index is 702. The molecule has 2 atom stereocenters. The first-order valence-corrected chi connectivity index (χ1v) is 10.3. The molecular formula is C20H25O6P. The molecule has 0 saturated carbocycles. The highest BCUT2D eigenvalue weighted by atomic mass is 31.2. The summed E-state index contributed by atoms with van der Waals surface area (Å²) in [6.45, 7) is 3.53. The molecule has 2 rings (SSSR count). The molecular weight excluding hydrogens is 367 g/mol. The maximum atomic E-state index is 13.2. The van der Waals surface area contributed by atoms with Crippen molar-refractivity contribution in [3.63, 3.8) is 0 Å². The van der Waals surface area contributed by atoms with Gasteiger partial charge < -0.3 is 5.11 Å². The quantitative estimate of drug-likeness (QED) is 0.539. The Morgan fingerprint density at radius 2 is 1.41 bits per heavy atom. The molecule has 2 unspecified atom stereocenters. The Balaban J connectivity index is 2.14. The van der Waals surface area contributed by atoms with Gasteiger partial charge in [-0.2, -0.15) is 0 Å². The van der Waals surface area contributed by atoms with Crippen LogP contribution in [-0.4, -0.2) is 17.2 Å². The number of hydrogen-bond acceptors (Lipinski definition) is 5. The van der Waals surface area contributed by atoms with Gasteiger partial charge in [0.1, 0.15) is 0 Å². The number of phosphoric ester groups is 1. The molecule has 7 heteroatoms. The number of carboxylic acid groups (broad SMARTS) is 1. The van der Waals surface area contributed by atoms with E-state index < -0.39 is 19.9 Å². The molecule has 0 radical (unpaired) electrons. The molecule has 0 fully saturated rings. The largest absolute Gasteiger partial charge is 0.479 e. The highest BCUT2D eigenvalue weighted by Crippen LogP contribution is 2.53. The Morgan fingerprint density at radius 1 is 0.963 bits per heavy atom. The standard InChI is InChI=1S/C20H25O6P/c1-3-16(2)19(20(21)22)26-27(23,24-14-17-10-6-4-7-11-17)25-15-18-12-8-5-9-13-18/h4-13,16,19H,3,14-15H2,1-2H3,(H,21,22). The van der Waals surface area contributed by atoms with Crippen LogP contribution in [0.1, 0.15) is 31.4 Å². The van der Waals surface area contributed by atoms with E-state index in [0.717, 1.165) is 11.1 Å². The summed E-state index contributed by atoms with van der Waals surface area (Å²) in [5, 5.41) is 9.45. The number of aliphatic carboxylic acids is 1. The lowest BCUT2D eigenvalue weighted by Gasteiger charge is -2.25. The molecule has 6 nitrogen and oxygen atoms in total. The summed E-state index contributed by atoms with van der Waals surface area (Å²) in [4.78, 5) is 11.6. The number of rotatable bonds is 11. The van der Waals surface area contributed by atoms with E-state index in [1.807, 2.05) is 67.6 Å². The highest BCUT2D eigenvalue weighted by molar-refractivity contribution is 7.48. The normalized spacial score (nSPS) is 13.9. The van der Waals surface area contributed by atoms with Crippen molar-refractivity contribution < 1.29 is 28.0 Å². The number of carboxylic acids is 1. The minimum atomic E-state index is -4.11. The SMILES string of the molecule is CCC(C)C(OP(=O)(OCc1ccccc1)OCc1ccccc1)C(=O)O. The van der Waals surface area contributed by atoms with Crippen molar-refractivity contribution in [3.8, 4) is 0 Å². The minimum Gasteiger partial charge on any atom is -0.479 e. The molecule has 0 aromatic heterocycles. The Labute approximate surface area is 159 Å². The van der Waals surface area contributed by atoms with Crippen LogP contribution in [-0.2, 0) is 36.1 Å². The topological polar surface area (TPSA) is 82.1 Å². The lowest BCUT2D eigenvalue weighted by Crippen LogP contribution is -2.30. The monoisotopic (exact) mass is 392 g/mol. The fraction of sp³-hybridized carbons (Fsp3) is 0.350. The summed E-state index contributed by atoms with van der Waals surface area (Å²) in [6.07, 6.45) is -0.735. The van der Waals surface area contributed by atoms with Crippen LogP contribution in [0.2, 0.25) is 0 Å². The van der Waals surface area contributed by atoms with Gasteiger partial charge in [-0.3, -0.25) is 13.6 Å². The lowest BCUT2D eigenvalue weighted by atomic mass is 10.0. The lowest BCUT2D eigenvalue weighted by molar-refractivity contribution is -0.149. The first-order valence-electron chi connectivity index (χ1n) is 8.81. The summed E-state index contributed by atoms with van der Waals surface area (Å²) in [5.41, 5.74) is 1.56. The molecule has 0 aliphatic carbocycles. The smallest absolute Gasteiger partial charge is 0.476 e. The van der Waals surface area contributed by atoms with Crippen LogP contribution in [0.15, 0.2) is 60.7 Å². The maximum Gasteiger partial charge on any atom is 0.476 e. The van der Waals surface area contributed by atoms with Crippen molar-refractivity contribution in [2.75, 3.05) is 0 Å². The predicted molar refractivity (Wildman–Crippen MR) is 102 cm³/mol. The van der Waals surface area contributed by atoms with E-state index >= 15 is 0 Å². The fourth-order valence-corrected chi connectivity index (χ4v) is 3.69. The molecule has 1 N–H and O–H groups in total. The minimum absolute atomic E-state index is 0.0141. The van der Waals surface area contributed by atoms with Crippen molar-refractivity contribution >= 4 is 13.8 Å². The van der Waals surface area contributed by atoms with E-state index in [-0.39, 0.29) is 19.1 Å². The molecule has 0 heterocycles. The maximum absolute atomic E-state index is 13.2. The van der Waals surface area contributed by atoms with E-state index in [4.69, 9.17) is 13.6 Å². The molecule has 0 saturated heterocycles. The molecule has 0 amide bonds. The molecule has 2 aromatic carbocycles. The van der Waals surface area contributed by atoms with Crippen molar-refractivity contribution in [1.29, 1.82) is 0 Å². The molecule has 0 spiro atoms. The zero-order valence-corrected chi connectivity index (χ0v) is 16.4. The number of phosphoric acid groups is 1. The average molecular weight is 392 g/mol. The van der Waals surface area contributed by atoms with Crippen LogP contribution in [0.5, 0.6) is 0 Å². The Hall–Kier alpha value is -1.98. The summed E-state index contributed by atoms with van der Waals surface area (Å²) in [7, 11) is -4.11. The average Bonchev–Trinajstić information content (AvgIpc) is 2.70. The van der Waals surface area contributed by atoms with Crippen LogP contribution in [0.4, 0.5) is 0 Å². The second-order valence-electron chi connectivity index (χ2n) is 6.22. The molecule has 146 valence electrons. The van der Waals surface area contributed by atoms with Gasteiger partial charge in [0.25, 0.3) is 0 Å². The number of hydrogen-bond donors (Lipinski definition) is 1. The van der Waals surface area contributed by atoms with Crippen LogP contribution in [0.3, 0.4) is 0 Å². The van der Waals surface area contributed by atoms with Gasteiger partial charge in [0.15, 0.2) is 6.10 Å². The van der Waals surface area contributed by atoms with Crippen LogP contribution < -0.4 is 0 Å². The summed E-state index contributed by atoms with van der Waals surface area (Å²) < 4.78 is 29.5. The van der Waals surface area contributed by atoms with Gasteiger partial charge in [0.2, 0.25) is 0 Å². The summed E-state index contributed by atoms with van der Waals surface area (Å²) in [6, 6.07) is 18.3. The van der Waals surface area contributed by atoms with E-state index in [0.29, 0.717) is 6.42 Å². The zero-order chi connectivity index (χ0) is 19.7. The van der Waals surface area contributed by atoms with Crippen molar-refractivity contribution in [2.24, 2.45) is 5.92 Å². The third-order valence-corrected chi connectivity index (χ3v) is 5.49. The molecule has 27 heavy (non-hydrogen) atoms. The molecule has 0 bridgehead atoms. The molecule has 0 aliphatic rings. The number of benzene rings is 2. The van der Waals surface area contributed by atoms with E-state index in [1.54, 1.807) is 6.92 Å². The van der Waals surface area contributed by atoms with Crippen molar-refractivity contribution in [2.45, 2.75) is 39.6 Å². The van der Waals surface area contributed by atoms with Gasteiger partial charge in [-0.15, -0.1) is 0 Å². The summed E-state index contributed by atoms with van der Waals surface area (Å²) >= 11 is 0. The van der Waals surface area contributed by atoms with Gasteiger partial charge in [0, 0.05) is 0 Å². The van der Waals surface area contributed by atoms with Crippen LogP contribution in [0, 0.1) is 5.92 Å². The number of carbonyl (C=O) groups is 1. The highest BCUT2D eigenvalue weighted by Gasteiger charge is 2.37. The van der Waals surface area contributed by atoms with Crippen LogP contribution >= 0.6 is 7.82 Å². The zero-order valence-electron chi connectivity index (χ0n) is 15.5. The third-order valence-electron chi connectivity index (χ3n) is 4.11. The Kier molecular flexibility index (Phi) is 8.20. The van der Waals surface area contributed by atoms with E-state index in [2.05, 4.69) is 0 Å². The van der Waals surface area contributed by atoms with Gasteiger partial charge >= 0.3 is 13.8 Å². The van der Waals surface area contributed by atoms with Crippen molar-refractivity contribution in [1.82, 2.24) is 0 Å². The van der Waals surface area contributed by atoms with Gasteiger partial charge in [0.05, 0.1) is 13.2 Å². The molecule has 2 aromatic rings. The Morgan fingerprint density at radius 3 is 1.78 bits per heavy atom. The third kappa shape index (κ3) is 6.92. The second-order valence-corrected chi connectivity index (χ2v) is 7.84. The van der Waals surface area contributed by atoms with E-state index in [1.165, 1.54) is 0 Å². The fourth-order valence-electron chi connectivity index (χ4n) is 2.30. The second kappa shape index (κ2) is 10.4. The van der Waals surface area contributed by atoms with Gasteiger partial charge in [-0.25, -0.2) is 9.36 Å². The van der Waals surface area contributed by atoms with Crippen molar-refractivity contribution in [3.05, 3.63) is 71.8 Å². The van der Waals surface area contributed by atoms with E-state index in [9.17, 15) is 14.5 Å². The molecule has 0 aliphatic heterocycles. The van der Waals surface area contributed by atoms with Gasteiger partial charge in [-0.05, 0) is 17.0 Å². The van der Waals surface area contributed by atoms with Crippen LogP contribution in [0.25, 0.3) is 0 Å². The first kappa shape index (κ1) is 21.3. The predicted octanol–water partition coefficient (Wildman–Crippen LogP) is 5.04. The summed E-state index contributed by atoms with van der Waals surface area (Å²) in [5.74, 6) is -1.55. The van der Waals surface area contributed by atoms with Gasteiger partial charge in [-0.1, -0.05) is 80.9 Å².